The molecule has 0 unspecified atom stereocenters. The van der Waals surface area contributed by atoms with Gasteiger partial charge >= 0.3 is 0 Å². The van der Waals surface area contributed by atoms with E-state index in [1.165, 1.54) is 19.4 Å². The first-order valence-corrected chi connectivity index (χ1v) is 8.20. The van der Waals surface area contributed by atoms with Crippen molar-refractivity contribution in [3.05, 3.63) is 33.8 Å². The van der Waals surface area contributed by atoms with Gasteiger partial charge in [0.2, 0.25) is 0 Å². The molecule has 1 saturated heterocycles. The van der Waals surface area contributed by atoms with Crippen molar-refractivity contribution in [2.75, 3.05) is 32.7 Å². The van der Waals surface area contributed by atoms with Gasteiger partial charge < -0.3 is 4.90 Å². The van der Waals surface area contributed by atoms with Crippen molar-refractivity contribution in [1.29, 1.82) is 0 Å². The Kier molecular flexibility index (Phi) is 4.13. The smallest absolute Gasteiger partial charge is 0.253 e. The Morgan fingerprint density at radius 3 is 2.55 bits per heavy atom. The summed E-state index contributed by atoms with van der Waals surface area (Å²) in [5.74, 6) is 1.11. The highest BCUT2D eigenvalue weighted by Gasteiger charge is 2.27. The lowest BCUT2D eigenvalue weighted by atomic mass is 10.1. The fourth-order valence-corrected chi connectivity index (χ4v) is 3.01. The second kappa shape index (κ2) is 5.86. The van der Waals surface area contributed by atoms with Gasteiger partial charge in [-0.1, -0.05) is 15.9 Å². The van der Waals surface area contributed by atoms with Gasteiger partial charge in [-0.05, 0) is 49.4 Å². The van der Waals surface area contributed by atoms with Crippen LogP contribution in [0.15, 0.2) is 22.7 Å². The first-order valence-electron chi connectivity index (χ1n) is 7.41. The third-order valence-corrected chi connectivity index (χ3v) is 5.17. The average Bonchev–Trinajstić information content (AvgIpc) is 3.26. The fourth-order valence-electron chi connectivity index (χ4n) is 2.76. The third-order valence-electron chi connectivity index (χ3n) is 4.28. The highest BCUT2D eigenvalue weighted by molar-refractivity contribution is 9.10. The Morgan fingerprint density at radius 1 is 1.25 bits per heavy atom. The van der Waals surface area contributed by atoms with Crippen molar-refractivity contribution >= 4 is 21.8 Å². The van der Waals surface area contributed by atoms with Crippen LogP contribution in [0.2, 0.25) is 0 Å². The molecule has 0 aromatic heterocycles. The molecule has 0 atom stereocenters. The topological polar surface area (TPSA) is 23.6 Å². The molecule has 0 bridgehead atoms. The number of aryl methyl sites for hydroxylation is 1. The minimum Gasteiger partial charge on any atom is -0.336 e. The SMILES string of the molecule is Cc1cc(C(=O)N2CCN(CC3CC3)CC2)ccc1Br. The van der Waals surface area contributed by atoms with Gasteiger partial charge in [-0.3, -0.25) is 9.69 Å². The lowest BCUT2D eigenvalue weighted by molar-refractivity contribution is 0.0632. The number of nitrogens with zero attached hydrogens (tertiary/aromatic N) is 2. The minimum atomic E-state index is 0.173. The van der Waals surface area contributed by atoms with Crippen LogP contribution in [0.1, 0.15) is 28.8 Å². The monoisotopic (exact) mass is 336 g/mol. The Labute approximate surface area is 129 Å². The molecular formula is C16H21BrN2O. The van der Waals surface area contributed by atoms with Gasteiger partial charge in [0.05, 0.1) is 0 Å². The van der Waals surface area contributed by atoms with E-state index in [4.69, 9.17) is 0 Å². The van der Waals surface area contributed by atoms with E-state index >= 15 is 0 Å². The standard InChI is InChI=1S/C16H21BrN2O/c1-12-10-14(4-5-15(12)17)16(20)19-8-6-18(7-9-19)11-13-2-3-13/h4-5,10,13H,2-3,6-9,11H2,1H3. The van der Waals surface area contributed by atoms with Crippen molar-refractivity contribution in [2.24, 2.45) is 5.92 Å². The van der Waals surface area contributed by atoms with E-state index in [2.05, 4.69) is 20.8 Å². The first kappa shape index (κ1) is 14.1. The molecule has 3 nitrogen and oxygen atoms in total. The fraction of sp³-hybridized carbons (Fsp3) is 0.562. The van der Waals surface area contributed by atoms with Crippen molar-refractivity contribution in [3.8, 4) is 0 Å². The zero-order valence-electron chi connectivity index (χ0n) is 11.9. The molecule has 1 saturated carbocycles. The number of benzene rings is 1. The van der Waals surface area contributed by atoms with Crippen LogP contribution in [0.4, 0.5) is 0 Å². The molecule has 1 aliphatic heterocycles. The van der Waals surface area contributed by atoms with Crippen molar-refractivity contribution < 1.29 is 4.79 Å². The average molecular weight is 337 g/mol. The van der Waals surface area contributed by atoms with Gasteiger partial charge in [-0.15, -0.1) is 0 Å². The number of hydrogen-bond donors (Lipinski definition) is 0. The molecule has 2 fully saturated rings. The van der Waals surface area contributed by atoms with Gasteiger partial charge in [0.25, 0.3) is 5.91 Å². The quantitative estimate of drug-likeness (QED) is 0.847. The number of piperazine rings is 1. The Morgan fingerprint density at radius 2 is 1.95 bits per heavy atom. The number of rotatable bonds is 3. The van der Waals surface area contributed by atoms with Crippen LogP contribution in [-0.2, 0) is 0 Å². The number of carbonyl (C=O) groups excluding carboxylic acids is 1. The zero-order valence-corrected chi connectivity index (χ0v) is 13.5. The molecule has 1 heterocycles. The van der Waals surface area contributed by atoms with E-state index in [0.29, 0.717) is 0 Å². The maximum atomic E-state index is 12.5. The van der Waals surface area contributed by atoms with Crippen molar-refractivity contribution in [2.45, 2.75) is 19.8 Å². The van der Waals surface area contributed by atoms with Gasteiger partial charge in [-0.2, -0.15) is 0 Å². The first-order chi connectivity index (χ1) is 9.63. The molecule has 1 aliphatic carbocycles. The van der Waals surface area contributed by atoms with E-state index < -0.39 is 0 Å². The minimum absolute atomic E-state index is 0.173. The molecule has 1 amide bonds. The predicted octanol–water partition coefficient (Wildman–Crippen LogP) is 2.93. The van der Waals surface area contributed by atoms with E-state index in [0.717, 1.165) is 47.7 Å². The Balaban J connectivity index is 1.58. The maximum Gasteiger partial charge on any atom is 0.253 e. The van der Waals surface area contributed by atoms with Crippen LogP contribution >= 0.6 is 15.9 Å². The highest BCUT2D eigenvalue weighted by atomic mass is 79.9. The molecule has 0 spiro atoms. The summed E-state index contributed by atoms with van der Waals surface area (Å²) >= 11 is 3.48. The summed E-state index contributed by atoms with van der Waals surface area (Å²) in [7, 11) is 0. The van der Waals surface area contributed by atoms with Gasteiger partial charge in [0.15, 0.2) is 0 Å². The van der Waals surface area contributed by atoms with Gasteiger partial charge in [0.1, 0.15) is 0 Å². The van der Waals surface area contributed by atoms with E-state index in [1.54, 1.807) is 0 Å². The van der Waals surface area contributed by atoms with Crippen LogP contribution in [0.3, 0.4) is 0 Å². The molecular weight excluding hydrogens is 316 g/mol. The molecule has 2 aliphatic rings. The van der Waals surface area contributed by atoms with Crippen molar-refractivity contribution in [3.63, 3.8) is 0 Å². The predicted molar refractivity (Wildman–Crippen MR) is 83.9 cm³/mol. The van der Waals surface area contributed by atoms with Gasteiger partial charge in [-0.25, -0.2) is 0 Å². The maximum absolute atomic E-state index is 12.5. The summed E-state index contributed by atoms with van der Waals surface area (Å²) < 4.78 is 1.06. The summed E-state index contributed by atoms with van der Waals surface area (Å²) in [5.41, 5.74) is 1.92. The molecule has 1 aromatic carbocycles. The van der Waals surface area contributed by atoms with Crippen LogP contribution in [-0.4, -0.2) is 48.4 Å². The second-order valence-corrected chi connectivity index (χ2v) is 6.85. The molecule has 0 N–H and O–H groups in total. The normalized spacial score (nSPS) is 20.2. The molecule has 4 heteroatoms. The van der Waals surface area contributed by atoms with E-state index in [9.17, 15) is 4.79 Å². The van der Waals surface area contributed by atoms with Crippen molar-refractivity contribution in [1.82, 2.24) is 9.80 Å². The van der Waals surface area contributed by atoms with Gasteiger partial charge in [0, 0.05) is 42.8 Å². The molecule has 108 valence electrons. The molecule has 1 aromatic rings. The summed E-state index contributed by atoms with van der Waals surface area (Å²) in [6.07, 6.45) is 2.80. The highest BCUT2D eigenvalue weighted by Crippen LogP contribution is 2.30. The Hall–Kier alpha value is -0.870. The summed E-state index contributed by atoms with van der Waals surface area (Å²) in [5, 5.41) is 0. The van der Waals surface area contributed by atoms with E-state index in [1.807, 2.05) is 30.0 Å². The summed E-state index contributed by atoms with van der Waals surface area (Å²) in [6.45, 7) is 7.03. The lowest BCUT2D eigenvalue weighted by Gasteiger charge is -2.34. The number of halogens is 1. The van der Waals surface area contributed by atoms with E-state index in [-0.39, 0.29) is 5.91 Å². The number of amides is 1. The molecule has 3 rings (SSSR count). The summed E-state index contributed by atoms with van der Waals surface area (Å²) in [4.78, 5) is 17.0. The Bertz CT molecular complexity index is 505. The number of hydrogen-bond acceptors (Lipinski definition) is 2. The van der Waals surface area contributed by atoms with Crippen LogP contribution in [0.5, 0.6) is 0 Å². The second-order valence-electron chi connectivity index (χ2n) is 6.00. The van der Waals surface area contributed by atoms with Crippen LogP contribution in [0.25, 0.3) is 0 Å². The molecule has 20 heavy (non-hydrogen) atoms. The largest absolute Gasteiger partial charge is 0.336 e. The van der Waals surface area contributed by atoms with Crippen LogP contribution < -0.4 is 0 Å². The number of carbonyl (C=O) groups is 1. The lowest BCUT2D eigenvalue weighted by Crippen LogP contribution is -2.49. The summed E-state index contributed by atoms with van der Waals surface area (Å²) in [6, 6.07) is 5.85. The third kappa shape index (κ3) is 3.23. The van der Waals surface area contributed by atoms with Crippen LogP contribution in [0, 0.1) is 12.8 Å². The zero-order chi connectivity index (χ0) is 14.1. The molecule has 0 radical (unpaired) electrons.